The minimum atomic E-state index is -0.0870. The van der Waals surface area contributed by atoms with Gasteiger partial charge in [-0.2, -0.15) is 0 Å². The van der Waals surface area contributed by atoms with Crippen LogP contribution in [0.4, 0.5) is 0 Å². The number of amides is 1. The Bertz CT molecular complexity index is 430. The van der Waals surface area contributed by atoms with Crippen molar-refractivity contribution in [3.05, 3.63) is 53.8 Å². The zero-order chi connectivity index (χ0) is 14.5. The molecular formula is C18H25NO. The normalized spacial score (nSPS) is 9.65. The molecule has 2 heteroatoms. The summed E-state index contributed by atoms with van der Waals surface area (Å²) in [7, 11) is 0. The summed E-state index contributed by atoms with van der Waals surface area (Å²) in [6.45, 7) is 2.78. The van der Waals surface area contributed by atoms with Gasteiger partial charge in [-0.25, -0.2) is 0 Å². The second-order valence-corrected chi connectivity index (χ2v) is 4.92. The number of carbonyl (C=O) groups excluding carboxylic acids is 1. The Balaban J connectivity index is 2.13. The monoisotopic (exact) mass is 271 g/mol. The number of hydrogen-bond donors (Lipinski definition) is 1. The molecule has 0 spiro atoms. The topological polar surface area (TPSA) is 29.1 Å². The van der Waals surface area contributed by atoms with Crippen molar-refractivity contribution < 1.29 is 4.79 Å². The average Bonchev–Trinajstić information content (AvgIpc) is 2.49. The van der Waals surface area contributed by atoms with Crippen molar-refractivity contribution in [2.75, 3.05) is 0 Å². The summed E-state index contributed by atoms with van der Waals surface area (Å²) in [5.74, 6) is -0.0870. The molecule has 2 nitrogen and oxygen atoms in total. The fourth-order valence-corrected chi connectivity index (χ4v) is 1.90. The van der Waals surface area contributed by atoms with Gasteiger partial charge in [0.25, 0.3) is 5.91 Å². The lowest BCUT2D eigenvalue weighted by atomic mass is 10.1. The lowest BCUT2D eigenvalue weighted by molar-refractivity contribution is -0.116. The van der Waals surface area contributed by atoms with Gasteiger partial charge in [0, 0.05) is 12.6 Å². The van der Waals surface area contributed by atoms with Crippen molar-refractivity contribution >= 4 is 5.91 Å². The predicted octanol–water partition coefficient (Wildman–Crippen LogP) is 4.37. The van der Waals surface area contributed by atoms with E-state index < -0.39 is 0 Å². The van der Waals surface area contributed by atoms with Crippen LogP contribution in [0, 0.1) is 0 Å². The molecule has 0 radical (unpaired) electrons. The van der Waals surface area contributed by atoms with E-state index in [2.05, 4.69) is 18.0 Å². The summed E-state index contributed by atoms with van der Waals surface area (Å²) in [6.07, 6.45) is 10.8. The Labute approximate surface area is 122 Å². The van der Waals surface area contributed by atoms with Crippen LogP contribution in [-0.2, 0) is 11.3 Å². The van der Waals surface area contributed by atoms with Gasteiger partial charge in [-0.1, -0.05) is 62.9 Å². The van der Waals surface area contributed by atoms with E-state index in [1.807, 2.05) is 36.4 Å². The van der Waals surface area contributed by atoms with E-state index in [0.29, 0.717) is 6.54 Å². The van der Waals surface area contributed by atoms with Crippen LogP contribution in [0.2, 0.25) is 0 Å². The summed E-state index contributed by atoms with van der Waals surface area (Å²) >= 11 is 0. The van der Waals surface area contributed by atoms with Gasteiger partial charge in [-0.05, 0) is 24.5 Å². The van der Waals surface area contributed by atoms with Crippen LogP contribution < -0.4 is 5.32 Å². The second kappa shape index (κ2) is 11.1. The van der Waals surface area contributed by atoms with E-state index in [0.717, 1.165) is 12.0 Å². The molecule has 0 saturated carbocycles. The van der Waals surface area contributed by atoms with Crippen LogP contribution in [0.5, 0.6) is 0 Å². The summed E-state index contributed by atoms with van der Waals surface area (Å²) in [5.41, 5.74) is 4.06. The Kier molecular flexibility index (Phi) is 9.00. The molecule has 0 bridgehead atoms. The molecule has 0 aliphatic heterocycles. The lowest BCUT2D eigenvalue weighted by Crippen LogP contribution is -2.19. The third kappa shape index (κ3) is 8.34. The van der Waals surface area contributed by atoms with Crippen LogP contribution in [0.1, 0.15) is 51.0 Å². The molecule has 0 aromatic heterocycles. The standard InChI is InChI=1S/C18H25NO/c1-2-3-4-5-6-7-8-12-15-18(20)19-16-17-13-10-9-11-14-17/h8-11,13-15H,2-7,16H2,1H3,(H,19,20). The fourth-order valence-electron chi connectivity index (χ4n) is 1.90. The lowest BCUT2D eigenvalue weighted by Gasteiger charge is -2.00. The Morgan fingerprint density at radius 3 is 2.65 bits per heavy atom. The summed E-state index contributed by atoms with van der Waals surface area (Å²) in [6, 6.07) is 9.90. The molecule has 0 fully saturated rings. The molecule has 108 valence electrons. The highest BCUT2D eigenvalue weighted by molar-refractivity contribution is 5.87. The van der Waals surface area contributed by atoms with Gasteiger partial charge in [-0.3, -0.25) is 4.79 Å². The van der Waals surface area contributed by atoms with Gasteiger partial charge >= 0.3 is 0 Å². The summed E-state index contributed by atoms with van der Waals surface area (Å²) < 4.78 is 0. The fraction of sp³-hybridized carbons (Fsp3) is 0.444. The third-order valence-electron chi connectivity index (χ3n) is 3.09. The Hall–Kier alpha value is -1.79. The van der Waals surface area contributed by atoms with Crippen LogP contribution in [0.3, 0.4) is 0 Å². The molecule has 0 aliphatic carbocycles. The van der Waals surface area contributed by atoms with E-state index in [9.17, 15) is 4.79 Å². The van der Waals surface area contributed by atoms with Crippen molar-refractivity contribution in [3.63, 3.8) is 0 Å². The predicted molar refractivity (Wildman–Crippen MR) is 84.3 cm³/mol. The van der Waals surface area contributed by atoms with Crippen LogP contribution in [0.25, 0.3) is 0 Å². The Morgan fingerprint density at radius 1 is 1.15 bits per heavy atom. The molecule has 1 aromatic rings. The smallest absolute Gasteiger partial charge is 0.252 e. The summed E-state index contributed by atoms with van der Waals surface area (Å²) in [4.78, 5) is 11.5. The first-order chi connectivity index (χ1) is 9.83. The number of hydrogen-bond acceptors (Lipinski definition) is 1. The van der Waals surface area contributed by atoms with Crippen molar-refractivity contribution in [1.82, 2.24) is 5.32 Å². The number of rotatable bonds is 9. The molecule has 20 heavy (non-hydrogen) atoms. The van der Waals surface area contributed by atoms with Crippen LogP contribution in [0.15, 0.2) is 48.2 Å². The van der Waals surface area contributed by atoms with Crippen molar-refractivity contribution in [2.24, 2.45) is 0 Å². The van der Waals surface area contributed by atoms with Crippen molar-refractivity contribution in [2.45, 2.75) is 52.0 Å². The largest absolute Gasteiger partial charge is 0.348 e. The maximum atomic E-state index is 11.5. The maximum absolute atomic E-state index is 11.5. The highest BCUT2D eigenvalue weighted by atomic mass is 16.1. The molecule has 1 N–H and O–H groups in total. The first kappa shape index (κ1) is 16.3. The molecule has 1 amide bonds. The van der Waals surface area contributed by atoms with Crippen molar-refractivity contribution in [1.29, 1.82) is 0 Å². The summed E-state index contributed by atoms with van der Waals surface area (Å²) in [5, 5.41) is 2.84. The number of unbranched alkanes of at least 4 members (excludes halogenated alkanes) is 5. The molecule has 0 saturated heterocycles. The molecule has 0 heterocycles. The van der Waals surface area contributed by atoms with Gasteiger partial charge in [0.2, 0.25) is 0 Å². The molecule has 0 atom stereocenters. The van der Waals surface area contributed by atoms with Gasteiger partial charge < -0.3 is 5.32 Å². The van der Waals surface area contributed by atoms with Gasteiger partial charge in [0.15, 0.2) is 0 Å². The zero-order valence-electron chi connectivity index (χ0n) is 12.4. The quantitative estimate of drug-likeness (QED) is 0.403. The highest BCUT2D eigenvalue weighted by Gasteiger charge is 1.94. The van der Waals surface area contributed by atoms with E-state index in [1.165, 1.54) is 38.2 Å². The molecule has 0 aliphatic rings. The van der Waals surface area contributed by atoms with E-state index >= 15 is 0 Å². The third-order valence-corrected chi connectivity index (χ3v) is 3.09. The van der Waals surface area contributed by atoms with Crippen LogP contribution in [-0.4, -0.2) is 5.91 Å². The van der Waals surface area contributed by atoms with Crippen molar-refractivity contribution in [3.8, 4) is 0 Å². The molecule has 1 aromatic carbocycles. The first-order valence-corrected chi connectivity index (χ1v) is 7.55. The minimum Gasteiger partial charge on any atom is -0.348 e. The first-order valence-electron chi connectivity index (χ1n) is 7.55. The zero-order valence-corrected chi connectivity index (χ0v) is 12.4. The highest BCUT2D eigenvalue weighted by Crippen LogP contribution is 2.04. The van der Waals surface area contributed by atoms with Gasteiger partial charge in [-0.15, -0.1) is 5.73 Å². The van der Waals surface area contributed by atoms with E-state index in [-0.39, 0.29) is 5.91 Å². The molecule has 0 unspecified atom stereocenters. The van der Waals surface area contributed by atoms with Gasteiger partial charge in [0.05, 0.1) is 0 Å². The minimum absolute atomic E-state index is 0.0870. The number of carbonyl (C=O) groups is 1. The Morgan fingerprint density at radius 2 is 1.90 bits per heavy atom. The van der Waals surface area contributed by atoms with E-state index in [4.69, 9.17) is 0 Å². The van der Waals surface area contributed by atoms with E-state index in [1.54, 1.807) is 0 Å². The average molecular weight is 271 g/mol. The van der Waals surface area contributed by atoms with Crippen LogP contribution >= 0.6 is 0 Å². The maximum Gasteiger partial charge on any atom is 0.252 e. The SMILES string of the molecule is CCCCCCCC=C=CC(=O)NCc1ccccc1. The van der Waals surface area contributed by atoms with Gasteiger partial charge in [0.1, 0.15) is 0 Å². The second-order valence-electron chi connectivity index (χ2n) is 4.92. The number of nitrogens with one attached hydrogen (secondary N) is 1. The number of benzene rings is 1. The molecular weight excluding hydrogens is 246 g/mol. The molecule has 1 rings (SSSR count).